The van der Waals surface area contributed by atoms with Gasteiger partial charge in [-0.05, 0) is 76.9 Å². The summed E-state index contributed by atoms with van der Waals surface area (Å²) in [5.74, 6) is 0.665. The van der Waals surface area contributed by atoms with Crippen molar-refractivity contribution < 1.29 is 32.9 Å². The molecule has 6 atom stereocenters. The highest BCUT2D eigenvalue weighted by atomic mass is 28.4. The molecule has 3 aliphatic rings. The van der Waals surface area contributed by atoms with Gasteiger partial charge in [-0.3, -0.25) is 0 Å². The zero-order chi connectivity index (χ0) is 26.6. The second kappa shape index (κ2) is 12.6. The molecule has 3 rings (SSSR count). The molecule has 0 amide bonds. The zero-order valence-electron chi connectivity index (χ0n) is 24.1. The fourth-order valence-electron chi connectivity index (χ4n) is 5.23. The van der Waals surface area contributed by atoms with Crippen molar-refractivity contribution in [2.45, 2.75) is 122 Å². The molecule has 0 aromatic rings. The van der Waals surface area contributed by atoms with Crippen LogP contribution in [-0.4, -0.2) is 71.4 Å². The third kappa shape index (κ3) is 8.77. The van der Waals surface area contributed by atoms with Gasteiger partial charge in [0.15, 0.2) is 14.6 Å². The summed E-state index contributed by atoms with van der Waals surface area (Å²) in [7, 11) is -1.87. The van der Waals surface area contributed by atoms with E-state index in [0.717, 1.165) is 51.7 Å². The molecule has 0 bridgehead atoms. The number of fused-ring (bicyclic) bond motifs is 1. The predicted octanol–water partition coefficient (Wildman–Crippen LogP) is 5.71. The summed E-state index contributed by atoms with van der Waals surface area (Å²) in [6.07, 6.45) is 6.39. The number of carbonyl (C=O) groups is 1. The van der Waals surface area contributed by atoms with Gasteiger partial charge in [0.25, 0.3) is 0 Å². The van der Waals surface area contributed by atoms with Gasteiger partial charge >= 0.3 is 5.97 Å². The molecule has 2 aliphatic heterocycles. The van der Waals surface area contributed by atoms with Gasteiger partial charge in [0, 0.05) is 31.5 Å². The molecule has 2 heterocycles. The average molecular weight is 529 g/mol. The van der Waals surface area contributed by atoms with E-state index in [-0.39, 0.29) is 42.0 Å². The Kier molecular flexibility index (Phi) is 10.5. The van der Waals surface area contributed by atoms with E-state index in [2.05, 4.69) is 33.9 Å². The Morgan fingerprint density at radius 2 is 1.72 bits per heavy atom. The lowest BCUT2D eigenvalue weighted by Gasteiger charge is -2.38. The molecule has 0 aromatic carbocycles. The first-order valence-electron chi connectivity index (χ1n) is 14.1. The van der Waals surface area contributed by atoms with Crippen molar-refractivity contribution in [2.24, 2.45) is 17.8 Å². The summed E-state index contributed by atoms with van der Waals surface area (Å²) in [6, 6.07) is 0. The molecule has 1 saturated carbocycles. The molecule has 8 heteroatoms. The lowest BCUT2D eigenvalue weighted by Crippen LogP contribution is -2.44. The highest BCUT2D eigenvalue weighted by Crippen LogP contribution is 2.44. The summed E-state index contributed by atoms with van der Waals surface area (Å²) in [4.78, 5) is 12.0. The van der Waals surface area contributed by atoms with E-state index < -0.39 is 13.9 Å². The quantitative estimate of drug-likeness (QED) is 0.280. The van der Waals surface area contributed by atoms with Gasteiger partial charge in [0.2, 0.25) is 0 Å². The number of ether oxygens (including phenoxy) is 5. The van der Waals surface area contributed by atoms with Crippen LogP contribution in [0.5, 0.6) is 0 Å². The molecule has 7 nitrogen and oxygen atoms in total. The van der Waals surface area contributed by atoms with Crippen LogP contribution >= 0.6 is 0 Å². The standard InChI is InChI=1S/C28H52O7Si/c1-27(2,3)35-25(29)19-30-16-20-12-13-21-22(18-33-36(7,8)28(4,5)6)24(15-23(21)32-17-20)34-26-11-9-10-14-31-26/h20-24,26H,9-19H2,1-8H3/t20-,21-,22-,23+,24-,26?/m1/s1. The highest BCUT2D eigenvalue weighted by Gasteiger charge is 2.48. The Morgan fingerprint density at radius 3 is 2.36 bits per heavy atom. The van der Waals surface area contributed by atoms with Gasteiger partial charge in [-0.1, -0.05) is 20.8 Å². The first kappa shape index (κ1) is 30.0. The molecule has 2 saturated heterocycles. The Hall–Kier alpha value is -0.513. The fraction of sp³-hybridized carbons (Fsp3) is 0.964. The summed E-state index contributed by atoms with van der Waals surface area (Å²) >= 11 is 0. The van der Waals surface area contributed by atoms with E-state index in [1.54, 1.807) is 0 Å². The number of hydrogen-bond donors (Lipinski definition) is 0. The minimum Gasteiger partial charge on any atom is -0.458 e. The fourth-order valence-corrected chi connectivity index (χ4v) is 6.27. The second-order valence-electron chi connectivity index (χ2n) is 13.5. The minimum atomic E-state index is -1.87. The van der Waals surface area contributed by atoms with Gasteiger partial charge in [0.1, 0.15) is 12.2 Å². The van der Waals surface area contributed by atoms with E-state index in [9.17, 15) is 4.79 Å². The average Bonchev–Trinajstić information content (AvgIpc) is 2.95. The molecule has 0 spiro atoms. The molecule has 0 aromatic heterocycles. The van der Waals surface area contributed by atoms with Crippen molar-refractivity contribution in [3.63, 3.8) is 0 Å². The van der Waals surface area contributed by atoms with E-state index in [4.69, 9.17) is 28.1 Å². The maximum atomic E-state index is 12.0. The Morgan fingerprint density at radius 1 is 0.972 bits per heavy atom. The van der Waals surface area contributed by atoms with E-state index in [1.807, 2.05) is 20.8 Å². The maximum Gasteiger partial charge on any atom is 0.332 e. The van der Waals surface area contributed by atoms with Crippen LogP contribution in [0.25, 0.3) is 0 Å². The van der Waals surface area contributed by atoms with E-state index >= 15 is 0 Å². The molecule has 1 aliphatic carbocycles. The molecule has 0 N–H and O–H groups in total. The third-order valence-corrected chi connectivity index (χ3v) is 12.8. The largest absolute Gasteiger partial charge is 0.458 e. The molecular formula is C28H52O7Si. The zero-order valence-corrected chi connectivity index (χ0v) is 25.1. The number of hydrogen-bond acceptors (Lipinski definition) is 7. The van der Waals surface area contributed by atoms with Gasteiger partial charge in [0.05, 0.1) is 25.4 Å². The summed E-state index contributed by atoms with van der Waals surface area (Å²) in [5, 5.41) is 0.171. The Bertz CT molecular complexity index is 693. The molecular weight excluding hydrogens is 476 g/mol. The molecule has 210 valence electrons. The highest BCUT2D eigenvalue weighted by molar-refractivity contribution is 6.74. The monoisotopic (exact) mass is 528 g/mol. The van der Waals surface area contributed by atoms with Crippen LogP contribution in [-0.2, 0) is 32.9 Å². The first-order chi connectivity index (χ1) is 16.7. The lowest BCUT2D eigenvalue weighted by molar-refractivity contribution is -0.198. The molecule has 0 radical (unpaired) electrons. The Balaban J connectivity index is 1.58. The van der Waals surface area contributed by atoms with Crippen LogP contribution in [0.1, 0.15) is 80.1 Å². The number of esters is 1. The van der Waals surface area contributed by atoms with Gasteiger partial charge in [-0.25, -0.2) is 4.79 Å². The first-order valence-corrected chi connectivity index (χ1v) is 17.0. The smallest absolute Gasteiger partial charge is 0.332 e. The SMILES string of the molecule is CC(C)(C)OC(=O)COC[C@H]1CC[C@@H]2[C@@H](CO[Si](C)(C)C(C)(C)C)[C@H](OC3CCCCO3)C[C@@H]2OC1. The van der Waals surface area contributed by atoms with Crippen molar-refractivity contribution in [2.75, 3.05) is 33.0 Å². The summed E-state index contributed by atoms with van der Waals surface area (Å²) < 4.78 is 36.8. The lowest BCUT2D eigenvalue weighted by atomic mass is 9.88. The van der Waals surface area contributed by atoms with Crippen LogP contribution in [0.4, 0.5) is 0 Å². The number of rotatable bonds is 9. The van der Waals surface area contributed by atoms with Crippen LogP contribution in [0.2, 0.25) is 18.1 Å². The summed E-state index contributed by atoms with van der Waals surface area (Å²) in [6.45, 7) is 19.8. The van der Waals surface area contributed by atoms with Crippen molar-refractivity contribution >= 4 is 14.3 Å². The van der Waals surface area contributed by atoms with E-state index in [1.165, 1.54) is 0 Å². The van der Waals surface area contributed by atoms with Gasteiger partial charge in [-0.15, -0.1) is 0 Å². The maximum absolute atomic E-state index is 12.0. The van der Waals surface area contributed by atoms with Crippen molar-refractivity contribution in [1.82, 2.24) is 0 Å². The van der Waals surface area contributed by atoms with Gasteiger partial charge < -0.3 is 28.1 Å². The van der Waals surface area contributed by atoms with Crippen LogP contribution < -0.4 is 0 Å². The second-order valence-corrected chi connectivity index (χ2v) is 18.3. The number of carbonyl (C=O) groups excluding carboxylic acids is 1. The predicted molar refractivity (Wildman–Crippen MR) is 142 cm³/mol. The normalized spacial score (nSPS) is 32.1. The van der Waals surface area contributed by atoms with Crippen LogP contribution in [0, 0.1) is 17.8 Å². The van der Waals surface area contributed by atoms with Crippen LogP contribution in [0.15, 0.2) is 0 Å². The molecule has 1 unspecified atom stereocenters. The summed E-state index contributed by atoms with van der Waals surface area (Å²) in [5.41, 5.74) is -0.494. The van der Waals surface area contributed by atoms with Gasteiger partial charge in [-0.2, -0.15) is 0 Å². The Labute approximate surface area is 220 Å². The molecule has 3 fully saturated rings. The molecule has 36 heavy (non-hydrogen) atoms. The topological polar surface area (TPSA) is 72.5 Å². The van der Waals surface area contributed by atoms with E-state index in [0.29, 0.717) is 25.0 Å². The third-order valence-electron chi connectivity index (χ3n) is 8.32. The van der Waals surface area contributed by atoms with Crippen molar-refractivity contribution in [3.05, 3.63) is 0 Å². The van der Waals surface area contributed by atoms with Crippen molar-refractivity contribution in [3.8, 4) is 0 Å². The van der Waals surface area contributed by atoms with Crippen LogP contribution in [0.3, 0.4) is 0 Å². The van der Waals surface area contributed by atoms with Crippen molar-refractivity contribution in [1.29, 1.82) is 0 Å². The minimum absolute atomic E-state index is 0.0130.